The van der Waals surface area contributed by atoms with Gasteiger partial charge in [0.1, 0.15) is 6.04 Å². The van der Waals surface area contributed by atoms with Crippen molar-refractivity contribution in [2.45, 2.75) is 18.9 Å². The minimum absolute atomic E-state index is 0. The van der Waals surface area contributed by atoms with E-state index in [0.29, 0.717) is 0 Å². The third kappa shape index (κ3) is 2.20. The van der Waals surface area contributed by atoms with Gasteiger partial charge in [-0.15, -0.1) is 12.4 Å². The van der Waals surface area contributed by atoms with Crippen LogP contribution in [0.1, 0.15) is 12.8 Å². The Bertz CT molecular complexity index is 101. The second kappa shape index (κ2) is 3.69. The minimum Gasteiger partial charge on any atom is -0.480 e. The Balaban J connectivity index is 0.000000640. The lowest BCUT2D eigenvalue weighted by Crippen LogP contribution is -2.29. The lowest BCUT2D eigenvalue weighted by molar-refractivity contribution is -0.139. The van der Waals surface area contributed by atoms with Crippen molar-refractivity contribution >= 4 is 18.4 Å². The zero-order valence-corrected chi connectivity index (χ0v) is 5.78. The molecule has 54 valence electrons. The van der Waals surface area contributed by atoms with Crippen LogP contribution in [0, 0.1) is 0 Å². The predicted octanol–water partition coefficient (Wildman–Crippen LogP) is 0.245. The highest BCUT2D eigenvalue weighted by atomic mass is 35.5. The fraction of sp³-hybridized carbons (Fsp3) is 0.800. The molecule has 1 fully saturated rings. The number of rotatable bonds is 1. The van der Waals surface area contributed by atoms with Crippen molar-refractivity contribution in [1.29, 1.82) is 0 Å². The number of carboxylic acids is 1. The van der Waals surface area contributed by atoms with E-state index in [-0.39, 0.29) is 18.4 Å². The molecule has 2 N–H and O–H groups in total. The van der Waals surface area contributed by atoms with Gasteiger partial charge >= 0.3 is 5.97 Å². The number of aliphatic carboxylic acids is 1. The lowest BCUT2D eigenvalue weighted by atomic mass is 10.2. The summed E-state index contributed by atoms with van der Waals surface area (Å²) in [6.45, 7) is 0.858. The van der Waals surface area contributed by atoms with Gasteiger partial charge in [0, 0.05) is 0 Å². The van der Waals surface area contributed by atoms with E-state index in [0.717, 1.165) is 19.4 Å². The van der Waals surface area contributed by atoms with Gasteiger partial charge in [0.05, 0.1) is 0 Å². The molecule has 1 rings (SSSR count). The Morgan fingerprint density at radius 1 is 1.67 bits per heavy atom. The first-order valence-electron chi connectivity index (χ1n) is 2.77. The van der Waals surface area contributed by atoms with Crippen molar-refractivity contribution in [2.75, 3.05) is 6.54 Å². The van der Waals surface area contributed by atoms with E-state index in [4.69, 9.17) is 5.11 Å². The van der Waals surface area contributed by atoms with Crippen molar-refractivity contribution < 1.29 is 9.90 Å². The third-order valence-corrected chi connectivity index (χ3v) is 1.36. The first-order chi connectivity index (χ1) is 3.80. The highest BCUT2D eigenvalue weighted by Gasteiger charge is 2.20. The number of halogens is 1. The Morgan fingerprint density at radius 2 is 2.33 bits per heavy atom. The van der Waals surface area contributed by atoms with Crippen LogP contribution in [0.15, 0.2) is 0 Å². The average Bonchev–Trinajstić information content (AvgIpc) is 2.12. The topological polar surface area (TPSA) is 49.3 Å². The van der Waals surface area contributed by atoms with Crippen LogP contribution in [0.3, 0.4) is 0 Å². The van der Waals surface area contributed by atoms with Crippen molar-refractivity contribution in [2.24, 2.45) is 0 Å². The van der Waals surface area contributed by atoms with Crippen LogP contribution in [-0.2, 0) is 4.79 Å². The largest absolute Gasteiger partial charge is 0.480 e. The monoisotopic (exact) mass is 151 g/mol. The summed E-state index contributed by atoms with van der Waals surface area (Å²) in [5, 5.41) is 11.2. The van der Waals surface area contributed by atoms with Gasteiger partial charge in [-0.05, 0) is 19.4 Å². The van der Waals surface area contributed by atoms with Crippen LogP contribution < -0.4 is 5.32 Å². The second-order valence-corrected chi connectivity index (χ2v) is 1.99. The summed E-state index contributed by atoms with van der Waals surface area (Å²) >= 11 is 0. The molecule has 1 heterocycles. The van der Waals surface area contributed by atoms with Crippen molar-refractivity contribution in [3.05, 3.63) is 0 Å². The molecule has 1 saturated heterocycles. The van der Waals surface area contributed by atoms with Crippen LogP contribution in [-0.4, -0.2) is 23.7 Å². The fourth-order valence-corrected chi connectivity index (χ4v) is 0.895. The first-order valence-corrected chi connectivity index (χ1v) is 2.77. The van der Waals surface area contributed by atoms with Crippen LogP contribution in [0.2, 0.25) is 0 Å². The Kier molecular flexibility index (Phi) is 3.58. The molecule has 1 aliphatic heterocycles. The van der Waals surface area contributed by atoms with E-state index >= 15 is 0 Å². The number of carbonyl (C=O) groups is 1. The van der Waals surface area contributed by atoms with Crippen molar-refractivity contribution in [3.8, 4) is 0 Å². The normalized spacial score (nSPS) is 25.1. The molecule has 0 spiro atoms. The number of hydrogen-bond acceptors (Lipinski definition) is 2. The standard InChI is InChI=1S/C5H9NO2.ClH/c7-5(8)4-2-1-3-6-4;/h4,6H,1-3H2,(H,7,8);1H. The Morgan fingerprint density at radius 3 is 2.56 bits per heavy atom. The molecule has 0 aromatic heterocycles. The fourth-order valence-electron chi connectivity index (χ4n) is 0.895. The van der Waals surface area contributed by atoms with Crippen molar-refractivity contribution in [1.82, 2.24) is 5.32 Å². The molecule has 4 heteroatoms. The molecule has 0 aromatic carbocycles. The maximum absolute atomic E-state index is 10.1. The quantitative estimate of drug-likeness (QED) is 0.565. The van der Waals surface area contributed by atoms with E-state index in [1.54, 1.807) is 0 Å². The van der Waals surface area contributed by atoms with Gasteiger partial charge < -0.3 is 10.4 Å². The molecular weight excluding hydrogens is 142 g/mol. The molecule has 0 amide bonds. The number of nitrogens with one attached hydrogen (secondary N) is 1. The predicted molar refractivity (Wildman–Crippen MR) is 35.9 cm³/mol. The maximum atomic E-state index is 10.1. The smallest absolute Gasteiger partial charge is 0.320 e. The lowest BCUT2D eigenvalue weighted by Gasteiger charge is -1.99. The molecule has 0 radical (unpaired) electrons. The zero-order valence-electron chi connectivity index (χ0n) is 4.96. The second-order valence-electron chi connectivity index (χ2n) is 1.99. The molecule has 0 aliphatic carbocycles. The highest BCUT2D eigenvalue weighted by Crippen LogP contribution is 2.03. The van der Waals surface area contributed by atoms with Gasteiger partial charge in [-0.2, -0.15) is 0 Å². The van der Waals surface area contributed by atoms with Crippen molar-refractivity contribution in [3.63, 3.8) is 0 Å². The highest BCUT2D eigenvalue weighted by molar-refractivity contribution is 5.85. The maximum Gasteiger partial charge on any atom is 0.320 e. The summed E-state index contributed by atoms with van der Waals surface area (Å²) in [5.74, 6) is -0.720. The summed E-state index contributed by atoms with van der Waals surface area (Å²) in [6, 6.07) is -0.269. The van der Waals surface area contributed by atoms with E-state index in [1.165, 1.54) is 0 Å². The SMILES string of the molecule is Cl.O=C(O)C1CCCN1. The van der Waals surface area contributed by atoms with Gasteiger partial charge in [-0.1, -0.05) is 0 Å². The van der Waals surface area contributed by atoms with Gasteiger partial charge in [-0.25, -0.2) is 0 Å². The van der Waals surface area contributed by atoms with Crippen LogP contribution in [0.25, 0.3) is 0 Å². The van der Waals surface area contributed by atoms with E-state index in [1.807, 2.05) is 0 Å². The van der Waals surface area contributed by atoms with Gasteiger partial charge in [0.15, 0.2) is 0 Å². The molecule has 0 aromatic rings. The van der Waals surface area contributed by atoms with Crippen LogP contribution in [0.4, 0.5) is 0 Å². The molecular formula is C5H10ClNO2. The van der Waals surface area contributed by atoms with E-state index < -0.39 is 5.97 Å². The Labute approximate surface area is 59.9 Å². The van der Waals surface area contributed by atoms with E-state index in [9.17, 15) is 4.79 Å². The average molecular weight is 152 g/mol. The van der Waals surface area contributed by atoms with Crippen LogP contribution in [0.5, 0.6) is 0 Å². The summed E-state index contributed by atoms with van der Waals surface area (Å²) in [7, 11) is 0. The summed E-state index contributed by atoms with van der Waals surface area (Å²) < 4.78 is 0. The summed E-state index contributed by atoms with van der Waals surface area (Å²) in [6.07, 6.45) is 1.78. The molecule has 1 aliphatic rings. The molecule has 0 bridgehead atoms. The van der Waals surface area contributed by atoms with Gasteiger partial charge in [0.25, 0.3) is 0 Å². The summed E-state index contributed by atoms with van der Waals surface area (Å²) in [4.78, 5) is 10.1. The van der Waals surface area contributed by atoms with Gasteiger partial charge in [0.2, 0.25) is 0 Å². The summed E-state index contributed by atoms with van der Waals surface area (Å²) in [5.41, 5.74) is 0. The van der Waals surface area contributed by atoms with Gasteiger partial charge in [-0.3, -0.25) is 4.79 Å². The number of hydrogen-bond donors (Lipinski definition) is 2. The minimum atomic E-state index is -0.720. The zero-order chi connectivity index (χ0) is 5.98. The molecule has 1 unspecified atom stereocenters. The van der Waals surface area contributed by atoms with Crippen LogP contribution >= 0.6 is 12.4 Å². The molecule has 0 saturated carbocycles. The number of carboxylic acid groups (broad SMARTS) is 1. The first kappa shape index (κ1) is 8.72. The molecule has 9 heavy (non-hydrogen) atoms. The van der Waals surface area contributed by atoms with E-state index in [2.05, 4.69) is 5.32 Å². The molecule has 1 atom stereocenters. The molecule has 3 nitrogen and oxygen atoms in total. The Hall–Kier alpha value is -0.280. The third-order valence-electron chi connectivity index (χ3n) is 1.36.